The molecule has 0 spiro atoms. The third kappa shape index (κ3) is 4.26. The minimum atomic E-state index is -1.04. The molecule has 3 N–H and O–H groups in total. The zero-order chi connectivity index (χ0) is 14.4. The lowest BCUT2D eigenvalue weighted by atomic mass is 10.2. The van der Waals surface area contributed by atoms with Gasteiger partial charge in [0.1, 0.15) is 6.04 Å². The molecule has 1 aromatic rings. The van der Waals surface area contributed by atoms with Crippen molar-refractivity contribution in [3.05, 3.63) is 29.8 Å². The number of hydrogen-bond acceptors (Lipinski definition) is 3. The van der Waals surface area contributed by atoms with E-state index in [0.29, 0.717) is 12.2 Å². The van der Waals surface area contributed by atoms with Crippen LogP contribution >= 0.6 is 0 Å². The Morgan fingerprint density at radius 3 is 2.68 bits per heavy atom. The van der Waals surface area contributed by atoms with Gasteiger partial charge in [-0.05, 0) is 31.7 Å². The molecule has 1 unspecified atom stereocenters. The number of carbonyl (C=O) groups is 2. The van der Waals surface area contributed by atoms with Crippen LogP contribution in [0.5, 0.6) is 0 Å². The van der Waals surface area contributed by atoms with Crippen molar-refractivity contribution in [1.29, 1.82) is 0 Å². The largest absolute Gasteiger partial charge is 0.480 e. The van der Waals surface area contributed by atoms with Crippen LogP contribution in [0.15, 0.2) is 24.3 Å². The summed E-state index contributed by atoms with van der Waals surface area (Å²) in [6.07, 6.45) is 0. The van der Waals surface area contributed by atoms with Crippen LogP contribution in [-0.4, -0.2) is 42.1 Å². The minimum Gasteiger partial charge on any atom is -0.480 e. The lowest BCUT2D eigenvalue weighted by molar-refractivity contribution is -0.141. The van der Waals surface area contributed by atoms with Crippen LogP contribution in [0.2, 0.25) is 0 Å². The number of aliphatic carboxylic acids is 1. The van der Waals surface area contributed by atoms with Crippen LogP contribution in [0.4, 0.5) is 10.5 Å². The first-order valence-electron chi connectivity index (χ1n) is 5.96. The van der Waals surface area contributed by atoms with Crippen LogP contribution < -0.4 is 10.6 Å². The van der Waals surface area contributed by atoms with Gasteiger partial charge in [-0.2, -0.15) is 0 Å². The Balaban J connectivity index is 2.71. The van der Waals surface area contributed by atoms with Crippen molar-refractivity contribution in [3.63, 3.8) is 0 Å². The molecule has 6 heteroatoms. The van der Waals surface area contributed by atoms with Crippen molar-refractivity contribution in [3.8, 4) is 0 Å². The third-order valence-corrected chi connectivity index (χ3v) is 2.82. The van der Waals surface area contributed by atoms with E-state index in [1.807, 2.05) is 25.2 Å². The molecule has 2 amide bonds. The highest BCUT2D eigenvalue weighted by Gasteiger charge is 2.21. The van der Waals surface area contributed by atoms with Gasteiger partial charge >= 0.3 is 12.0 Å². The first kappa shape index (κ1) is 15.0. The van der Waals surface area contributed by atoms with E-state index in [4.69, 9.17) is 5.11 Å². The Morgan fingerprint density at radius 1 is 1.42 bits per heavy atom. The number of nitrogens with one attached hydrogen (secondary N) is 2. The predicted molar refractivity (Wildman–Crippen MR) is 73.1 cm³/mol. The second-order valence-electron chi connectivity index (χ2n) is 4.29. The Morgan fingerprint density at radius 2 is 2.11 bits per heavy atom. The van der Waals surface area contributed by atoms with Crippen molar-refractivity contribution < 1.29 is 14.7 Å². The molecule has 1 aromatic carbocycles. The summed E-state index contributed by atoms with van der Waals surface area (Å²) in [5, 5.41) is 14.5. The second-order valence-corrected chi connectivity index (χ2v) is 4.29. The molecule has 1 atom stereocenters. The van der Waals surface area contributed by atoms with Crippen LogP contribution in [0, 0.1) is 0 Å². The van der Waals surface area contributed by atoms with Crippen LogP contribution in [0.25, 0.3) is 0 Å². The molecular weight excluding hydrogens is 246 g/mol. The van der Waals surface area contributed by atoms with E-state index in [9.17, 15) is 9.59 Å². The summed E-state index contributed by atoms with van der Waals surface area (Å²) in [6.45, 7) is 2.16. The summed E-state index contributed by atoms with van der Waals surface area (Å²) < 4.78 is 0. The lowest BCUT2D eigenvalue weighted by Gasteiger charge is -2.22. The maximum Gasteiger partial charge on any atom is 0.326 e. The molecule has 0 bridgehead atoms. The maximum atomic E-state index is 11.9. The van der Waals surface area contributed by atoms with Crippen molar-refractivity contribution in [2.45, 2.75) is 19.5 Å². The second kappa shape index (κ2) is 6.75. The quantitative estimate of drug-likeness (QED) is 0.750. The number of carboxylic acids is 1. The standard InChI is InChI=1S/C13H19N3O3/c1-9(12(17)18)16(3)13(19)15-11-6-4-5-10(7-11)8-14-2/h4-7,9,14H,8H2,1-3H3,(H,15,19)(H,17,18). The van der Waals surface area contributed by atoms with Gasteiger partial charge in [0.15, 0.2) is 0 Å². The zero-order valence-corrected chi connectivity index (χ0v) is 11.3. The summed E-state index contributed by atoms with van der Waals surface area (Å²) in [6, 6.07) is 6.06. The number of likely N-dealkylation sites (N-methyl/N-ethyl adjacent to an activating group) is 1. The normalized spacial score (nSPS) is 11.7. The van der Waals surface area contributed by atoms with Crippen molar-refractivity contribution in [2.75, 3.05) is 19.4 Å². The lowest BCUT2D eigenvalue weighted by Crippen LogP contribution is -2.42. The topological polar surface area (TPSA) is 81.7 Å². The summed E-state index contributed by atoms with van der Waals surface area (Å²) in [5.74, 6) is -1.04. The molecule has 0 aliphatic heterocycles. The summed E-state index contributed by atoms with van der Waals surface area (Å²) in [4.78, 5) is 23.8. The number of benzene rings is 1. The fourth-order valence-corrected chi connectivity index (χ4v) is 1.52. The number of anilines is 1. The predicted octanol–water partition coefficient (Wildman–Crippen LogP) is 1.34. The number of carboxylic acid groups (broad SMARTS) is 1. The highest BCUT2D eigenvalue weighted by molar-refractivity contribution is 5.92. The molecule has 19 heavy (non-hydrogen) atoms. The minimum absolute atomic E-state index is 0.448. The number of rotatable bonds is 5. The highest BCUT2D eigenvalue weighted by atomic mass is 16.4. The highest BCUT2D eigenvalue weighted by Crippen LogP contribution is 2.11. The average molecular weight is 265 g/mol. The summed E-state index contributed by atoms with van der Waals surface area (Å²) in [7, 11) is 3.29. The van der Waals surface area contributed by atoms with Gasteiger partial charge in [-0.3, -0.25) is 0 Å². The summed E-state index contributed by atoms with van der Waals surface area (Å²) >= 11 is 0. The maximum absolute atomic E-state index is 11.9. The van der Waals surface area contributed by atoms with E-state index in [-0.39, 0.29) is 0 Å². The molecular formula is C13H19N3O3. The monoisotopic (exact) mass is 265 g/mol. The van der Waals surface area contributed by atoms with Gasteiger partial charge in [0.25, 0.3) is 0 Å². The Kier molecular flexibility index (Phi) is 5.32. The van der Waals surface area contributed by atoms with E-state index in [1.165, 1.54) is 14.0 Å². The molecule has 0 fully saturated rings. The molecule has 6 nitrogen and oxygen atoms in total. The van der Waals surface area contributed by atoms with Gasteiger partial charge < -0.3 is 20.6 Å². The number of nitrogens with zero attached hydrogens (tertiary/aromatic N) is 1. The molecule has 104 valence electrons. The van der Waals surface area contributed by atoms with E-state index in [1.54, 1.807) is 6.07 Å². The van der Waals surface area contributed by atoms with Gasteiger partial charge in [-0.15, -0.1) is 0 Å². The summed E-state index contributed by atoms with van der Waals surface area (Å²) in [5.41, 5.74) is 1.68. The number of carbonyl (C=O) groups excluding carboxylic acids is 1. The van der Waals surface area contributed by atoms with Gasteiger partial charge in [0, 0.05) is 19.3 Å². The zero-order valence-electron chi connectivity index (χ0n) is 11.3. The van der Waals surface area contributed by atoms with Gasteiger partial charge in [-0.25, -0.2) is 9.59 Å². The third-order valence-electron chi connectivity index (χ3n) is 2.82. The first-order chi connectivity index (χ1) is 8.95. The molecule has 0 saturated carbocycles. The molecule has 0 aromatic heterocycles. The number of amides is 2. The molecule has 0 aliphatic rings. The molecule has 0 radical (unpaired) electrons. The van der Waals surface area contributed by atoms with E-state index in [2.05, 4.69) is 10.6 Å². The van der Waals surface area contributed by atoms with Crippen molar-refractivity contribution in [2.24, 2.45) is 0 Å². The Bertz CT molecular complexity index is 462. The Hall–Kier alpha value is -2.08. The van der Waals surface area contributed by atoms with Crippen molar-refractivity contribution >= 4 is 17.7 Å². The SMILES string of the molecule is CNCc1cccc(NC(=O)N(C)C(C)C(=O)O)c1. The van der Waals surface area contributed by atoms with Gasteiger partial charge in [0.05, 0.1) is 0 Å². The van der Waals surface area contributed by atoms with Crippen LogP contribution in [-0.2, 0) is 11.3 Å². The number of urea groups is 1. The molecule has 0 saturated heterocycles. The molecule has 1 rings (SSSR count). The smallest absolute Gasteiger partial charge is 0.326 e. The van der Waals surface area contributed by atoms with Crippen LogP contribution in [0.1, 0.15) is 12.5 Å². The molecule has 0 heterocycles. The van der Waals surface area contributed by atoms with Crippen LogP contribution in [0.3, 0.4) is 0 Å². The molecule has 0 aliphatic carbocycles. The fourth-order valence-electron chi connectivity index (χ4n) is 1.52. The van der Waals surface area contributed by atoms with Gasteiger partial charge in [0.2, 0.25) is 0 Å². The van der Waals surface area contributed by atoms with E-state index in [0.717, 1.165) is 10.5 Å². The Labute approximate surface area is 112 Å². The fraction of sp³-hybridized carbons (Fsp3) is 0.385. The van der Waals surface area contributed by atoms with Crippen molar-refractivity contribution in [1.82, 2.24) is 10.2 Å². The van der Waals surface area contributed by atoms with Gasteiger partial charge in [-0.1, -0.05) is 12.1 Å². The average Bonchev–Trinajstić information content (AvgIpc) is 2.37. The first-order valence-corrected chi connectivity index (χ1v) is 5.96. The van der Waals surface area contributed by atoms with E-state index >= 15 is 0 Å². The number of hydrogen-bond donors (Lipinski definition) is 3. The van der Waals surface area contributed by atoms with E-state index < -0.39 is 18.0 Å².